The smallest absolute Gasteiger partial charge is 0.289 e. The number of sulfonamides is 1. The summed E-state index contributed by atoms with van der Waals surface area (Å²) in [4.78, 5) is 25.3. The van der Waals surface area contributed by atoms with Gasteiger partial charge in [-0.3, -0.25) is 14.9 Å². The van der Waals surface area contributed by atoms with Crippen molar-refractivity contribution in [3.8, 4) is 0 Å². The number of benzene rings is 2. The molecule has 37 heavy (non-hydrogen) atoms. The molecule has 0 heterocycles. The van der Waals surface area contributed by atoms with Gasteiger partial charge in [-0.25, -0.2) is 8.42 Å². The molecule has 0 spiro atoms. The second-order valence-corrected chi connectivity index (χ2v) is 11.2. The lowest BCUT2D eigenvalue weighted by Crippen LogP contribution is -2.39. The van der Waals surface area contributed by atoms with Crippen LogP contribution in [0.5, 0.6) is 0 Å². The number of halogens is 1. The van der Waals surface area contributed by atoms with E-state index >= 15 is 0 Å². The van der Waals surface area contributed by atoms with Gasteiger partial charge in [0.25, 0.3) is 5.69 Å². The molecule has 0 aromatic heterocycles. The Hall–Kier alpha value is -2.53. The van der Waals surface area contributed by atoms with Crippen molar-refractivity contribution < 1.29 is 18.1 Å². The monoisotopic (exact) mass is 552 g/mol. The second-order valence-electron chi connectivity index (χ2n) is 8.90. The summed E-state index contributed by atoms with van der Waals surface area (Å²) in [6, 6.07) is 12.8. The molecule has 204 valence electrons. The van der Waals surface area contributed by atoms with Crippen LogP contribution in [0.3, 0.4) is 0 Å². The van der Waals surface area contributed by atoms with Gasteiger partial charge in [0, 0.05) is 31.6 Å². The predicted octanol–water partition coefficient (Wildman–Crippen LogP) is 4.50. The molecule has 0 saturated heterocycles. The Balaban J connectivity index is 2.10. The molecule has 11 heteroatoms. The number of nitro benzene ring substituents is 1. The highest BCUT2D eigenvalue weighted by atomic mass is 35.5. The molecule has 9 nitrogen and oxygen atoms in total. The Kier molecular flexibility index (Phi) is 12.5. The highest BCUT2D eigenvalue weighted by molar-refractivity contribution is 7.89. The average molecular weight is 553 g/mol. The van der Waals surface area contributed by atoms with Crippen molar-refractivity contribution in [2.75, 3.05) is 32.7 Å². The van der Waals surface area contributed by atoms with E-state index in [0.717, 1.165) is 44.1 Å². The van der Waals surface area contributed by atoms with E-state index in [-0.39, 0.29) is 41.4 Å². The van der Waals surface area contributed by atoms with E-state index in [2.05, 4.69) is 24.1 Å². The van der Waals surface area contributed by atoms with Crippen LogP contribution in [-0.2, 0) is 21.2 Å². The number of rotatable bonds is 16. The van der Waals surface area contributed by atoms with Gasteiger partial charge in [0.2, 0.25) is 15.9 Å². The molecule has 0 aliphatic heterocycles. The molecule has 2 rings (SSSR count). The van der Waals surface area contributed by atoms with Gasteiger partial charge >= 0.3 is 0 Å². The Morgan fingerprint density at radius 3 is 2.38 bits per heavy atom. The van der Waals surface area contributed by atoms with Crippen LogP contribution >= 0.6 is 11.6 Å². The number of nitrogens with one attached hydrogen (secondary N) is 1. The van der Waals surface area contributed by atoms with E-state index in [0.29, 0.717) is 6.42 Å². The van der Waals surface area contributed by atoms with Gasteiger partial charge in [-0.1, -0.05) is 55.8 Å². The molecule has 0 saturated carbocycles. The van der Waals surface area contributed by atoms with Gasteiger partial charge in [0.05, 0.1) is 9.82 Å². The third-order valence-electron chi connectivity index (χ3n) is 6.25. The topological polar surface area (TPSA) is 113 Å². The lowest BCUT2D eigenvalue weighted by molar-refractivity contribution is -0.384. The van der Waals surface area contributed by atoms with Crippen molar-refractivity contribution in [1.29, 1.82) is 0 Å². The van der Waals surface area contributed by atoms with E-state index in [1.807, 2.05) is 37.3 Å². The maximum Gasteiger partial charge on any atom is 0.289 e. The van der Waals surface area contributed by atoms with Crippen LogP contribution in [0.15, 0.2) is 53.4 Å². The van der Waals surface area contributed by atoms with Gasteiger partial charge in [-0.2, -0.15) is 4.31 Å². The first-order valence-electron chi connectivity index (χ1n) is 12.6. The molecule has 1 N–H and O–H groups in total. The zero-order valence-corrected chi connectivity index (χ0v) is 23.3. The summed E-state index contributed by atoms with van der Waals surface area (Å²) >= 11 is 5.88. The lowest BCUT2D eigenvalue weighted by atomic mass is 10.1. The summed E-state index contributed by atoms with van der Waals surface area (Å²) in [6.45, 7) is 9.19. The van der Waals surface area contributed by atoms with Crippen molar-refractivity contribution in [3.05, 3.63) is 69.2 Å². The number of hydrogen-bond donors (Lipinski definition) is 1. The van der Waals surface area contributed by atoms with Crippen molar-refractivity contribution in [3.63, 3.8) is 0 Å². The Morgan fingerprint density at radius 2 is 1.76 bits per heavy atom. The van der Waals surface area contributed by atoms with Gasteiger partial charge in [0.15, 0.2) is 0 Å². The molecule has 0 bridgehead atoms. The third kappa shape index (κ3) is 9.70. The Bertz CT molecular complexity index is 1130. The number of amides is 1. The van der Waals surface area contributed by atoms with Crippen LogP contribution in [0.1, 0.15) is 45.6 Å². The van der Waals surface area contributed by atoms with Gasteiger partial charge in [-0.05, 0) is 63.5 Å². The Labute approximate surface area is 225 Å². The summed E-state index contributed by atoms with van der Waals surface area (Å²) in [5.74, 6) is -0.239. The highest BCUT2D eigenvalue weighted by Gasteiger charge is 2.28. The second kappa shape index (κ2) is 15.0. The molecule has 2 aromatic rings. The fraction of sp³-hybridized carbons (Fsp3) is 0.500. The van der Waals surface area contributed by atoms with Crippen molar-refractivity contribution in [1.82, 2.24) is 14.5 Å². The number of nitro groups is 1. The van der Waals surface area contributed by atoms with Crippen molar-refractivity contribution >= 4 is 33.2 Å². The number of carbonyl (C=O) groups is 1. The first-order chi connectivity index (χ1) is 17.6. The molecule has 1 unspecified atom stereocenters. The van der Waals surface area contributed by atoms with Crippen LogP contribution in [0.4, 0.5) is 5.69 Å². The van der Waals surface area contributed by atoms with Gasteiger partial charge in [-0.15, -0.1) is 0 Å². The van der Waals surface area contributed by atoms with Crippen LogP contribution in [-0.4, -0.2) is 67.2 Å². The summed E-state index contributed by atoms with van der Waals surface area (Å²) in [5.41, 5.74) is 0.457. The number of nitrogens with zero attached hydrogens (tertiary/aromatic N) is 3. The standard InChI is InChI=1S/C26H37ClN4O5S/c1-4-29(5-2)17-9-10-21(3)28-26(32)16-19-30(18-15-22-11-7-6-8-12-22)37(35,36)23-13-14-24(27)25(20-23)31(33)34/h6-8,11-14,20-21H,4-5,9-10,15-19H2,1-3H3,(H,28,32). The normalized spacial score (nSPS) is 12.6. The molecule has 0 fully saturated rings. The number of hydrogen-bond acceptors (Lipinski definition) is 6. The van der Waals surface area contributed by atoms with E-state index in [4.69, 9.17) is 11.6 Å². The summed E-state index contributed by atoms with van der Waals surface area (Å²) in [7, 11) is -4.11. The quantitative estimate of drug-likeness (QED) is 0.242. The maximum atomic E-state index is 13.5. The maximum absolute atomic E-state index is 13.5. The van der Waals surface area contributed by atoms with E-state index in [1.165, 1.54) is 16.4 Å². The van der Waals surface area contributed by atoms with Crippen LogP contribution in [0, 0.1) is 10.1 Å². The first-order valence-corrected chi connectivity index (χ1v) is 14.4. The molecule has 1 atom stereocenters. The minimum Gasteiger partial charge on any atom is -0.354 e. The molecular formula is C26H37ClN4O5S. The SMILES string of the molecule is CCN(CC)CCCC(C)NC(=O)CCN(CCc1ccccc1)S(=O)(=O)c1ccc(Cl)c([N+](=O)[O-])c1. The molecule has 2 aromatic carbocycles. The number of carbonyl (C=O) groups excluding carboxylic acids is 1. The summed E-state index contributed by atoms with van der Waals surface area (Å²) in [6.07, 6.45) is 2.19. The summed E-state index contributed by atoms with van der Waals surface area (Å²) in [5, 5.41) is 14.1. The highest BCUT2D eigenvalue weighted by Crippen LogP contribution is 2.28. The molecule has 0 aliphatic carbocycles. The summed E-state index contributed by atoms with van der Waals surface area (Å²) < 4.78 is 28.1. The van der Waals surface area contributed by atoms with Crippen LogP contribution < -0.4 is 5.32 Å². The molecule has 0 radical (unpaired) electrons. The molecular weight excluding hydrogens is 516 g/mol. The first kappa shape index (κ1) is 30.7. The molecule has 1 amide bonds. The average Bonchev–Trinajstić information content (AvgIpc) is 2.87. The van der Waals surface area contributed by atoms with E-state index in [1.54, 1.807) is 0 Å². The zero-order valence-electron chi connectivity index (χ0n) is 21.7. The predicted molar refractivity (Wildman–Crippen MR) is 146 cm³/mol. The largest absolute Gasteiger partial charge is 0.354 e. The molecule has 0 aliphatic rings. The van der Waals surface area contributed by atoms with E-state index < -0.39 is 20.6 Å². The van der Waals surface area contributed by atoms with Gasteiger partial charge < -0.3 is 10.2 Å². The van der Waals surface area contributed by atoms with Crippen molar-refractivity contribution in [2.24, 2.45) is 0 Å². The van der Waals surface area contributed by atoms with Gasteiger partial charge in [0.1, 0.15) is 5.02 Å². The minimum absolute atomic E-state index is 0.0237. The zero-order chi connectivity index (χ0) is 27.4. The van der Waals surface area contributed by atoms with Crippen LogP contribution in [0.25, 0.3) is 0 Å². The van der Waals surface area contributed by atoms with Crippen LogP contribution in [0.2, 0.25) is 5.02 Å². The third-order valence-corrected chi connectivity index (χ3v) is 8.46. The van der Waals surface area contributed by atoms with Crippen molar-refractivity contribution in [2.45, 2.75) is 57.4 Å². The minimum atomic E-state index is -4.11. The van der Waals surface area contributed by atoms with E-state index in [9.17, 15) is 23.3 Å². The lowest BCUT2D eigenvalue weighted by Gasteiger charge is -2.23. The fourth-order valence-electron chi connectivity index (χ4n) is 4.00. The fourth-order valence-corrected chi connectivity index (χ4v) is 5.65. The Morgan fingerprint density at radius 1 is 1.08 bits per heavy atom.